The fraction of sp³-hybridized carbons (Fsp3) is 0.191. The normalized spacial score (nSPS) is 13.3. The third kappa shape index (κ3) is 5.14. The fourth-order valence-corrected chi connectivity index (χ4v) is 9.56. The van der Waals surface area contributed by atoms with Gasteiger partial charge >= 0.3 is 0 Å². The summed E-state index contributed by atoms with van der Waals surface area (Å²) in [4.78, 5) is 4.94. The lowest BCUT2D eigenvalue weighted by Gasteiger charge is -2.37. The number of para-hydroxylation sites is 1. The SMILES string of the molecule is Cc1cc2c3c(c1)N(c1ccccc1)c1ccc(N(c4ccc(C(C)(C)C)cc4)c4ccc(C(C)(C)C)cc4)cc1B3c1sc3ccccc3c1-2. The highest BCUT2D eigenvalue weighted by Crippen LogP contribution is 2.46. The molecule has 2 nitrogen and oxygen atoms in total. The molecule has 0 unspecified atom stereocenters. The van der Waals surface area contributed by atoms with Crippen LogP contribution in [-0.4, -0.2) is 6.71 Å². The summed E-state index contributed by atoms with van der Waals surface area (Å²) in [6, 6.07) is 50.2. The smallest absolute Gasteiger partial charge is 0.260 e. The van der Waals surface area contributed by atoms with Gasteiger partial charge in [-0.1, -0.05) is 108 Å². The van der Waals surface area contributed by atoms with Crippen molar-refractivity contribution < 1.29 is 0 Å². The van der Waals surface area contributed by atoms with Crippen molar-refractivity contribution in [2.45, 2.75) is 59.3 Å². The van der Waals surface area contributed by atoms with Gasteiger partial charge in [-0.3, -0.25) is 0 Å². The predicted octanol–water partition coefficient (Wildman–Crippen LogP) is 11.6. The maximum absolute atomic E-state index is 2.50. The van der Waals surface area contributed by atoms with E-state index in [1.54, 1.807) is 0 Å². The van der Waals surface area contributed by atoms with E-state index in [1.807, 2.05) is 11.3 Å². The van der Waals surface area contributed by atoms with Crippen LogP contribution in [0.25, 0.3) is 21.2 Å². The summed E-state index contributed by atoms with van der Waals surface area (Å²) in [6.07, 6.45) is 0. The maximum Gasteiger partial charge on any atom is 0.260 e. The molecule has 0 radical (unpaired) electrons. The van der Waals surface area contributed by atoms with Crippen LogP contribution in [0, 0.1) is 6.92 Å². The largest absolute Gasteiger partial charge is 0.311 e. The van der Waals surface area contributed by atoms with Gasteiger partial charge in [0, 0.05) is 38.8 Å². The Balaban J connectivity index is 1.29. The number of thiophene rings is 1. The Kier molecular flexibility index (Phi) is 7.18. The molecule has 0 bridgehead atoms. The van der Waals surface area contributed by atoms with E-state index in [4.69, 9.17) is 0 Å². The molecular formula is C47H43BN2S. The molecule has 9 rings (SSSR count). The number of hydrogen-bond acceptors (Lipinski definition) is 3. The molecule has 2 aliphatic rings. The Morgan fingerprint density at radius 1 is 0.588 bits per heavy atom. The molecule has 0 spiro atoms. The quantitative estimate of drug-likeness (QED) is 0.171. The second-order valence-electron chi connectivity index (χ2n) is 16.4. The van der Waals surface area contributed by atoms with E-state index in [1.165, 1.54) is 76.4 Å². The van der Waals surface area contributed by atoms with Gasteiger partial charge in [0.1, 0.15) is 0 Å². The number of benzene rings is 6. The summed E-state index contributed by atoms with van der Waals surface area (Å²) >= 11 is 1.97. The monoisotopic (exact) mass is 678 g/mol. The lowest BCUT2D eigenvalue weighted by molar-refractivity contribution is 0.590. The topological polar surface area (TPSA) is 6.48 Å². The van der Waals surface area contributed by atoms with Crippen LogP contribution < -0.4 is 25.5 Å². The van der Waals surface area contributed by atoms with Gasteiger partial charge in [-0.2, -0.15) is 0 Å². The van der Waals surface area contributed by atoms with Crippen molar-refractivity contribution in [3.8, 4) is 11.1 Å². The van der Waals surface area contributed by atoms with Gasteiger partial charge in [0.2, 0.25) is 0 Å². The van der Waals surface area contributed by atoms with E-state index < -0.39 is 0 Å². The minimum Gasteiger partial charge on any atom is -0.311 e. The summed E-state index contributed by atoms with van der Waals surface area (Å²) in [7, 11) is 0. The average molecular weight is 679 g/mol. The second-order valence-corrected chi connectivity index (χ2v) is 17.4. The Labute approximate surface area is 307 Å². The zero-order valence-corrected chi connectivity index (χ0v) is 31.4. The Hall–Kier alpha value is -5.06. The van der Waals surface area contributed by atoms with E-state index in [-0.39, 0.29) is 17.5 Å². The minimum absolute atomic E-state index is 0.0817. The van der Waals surface area contributed by atoms with Crippen molar-refractivity contribution in [2.24, 2.45) is 0 Å². The first-order valence-electron chi connectivity index (χ1n) is 18.1. The van der Waals surface area contributed by atoms with Gasteiger partial charge in [0.25, 0.3) is 6.71 Å². The van der Waals surface area contributed by atoms with Gasteiger partial charge in [-0.25, -0.2) is 0 Å². The van der Waals surface area contributed by atoms with E-state index in [9.17, 15) is 0 Å². The molecule has 2 aliphatic heterocycles. The van der Waals surface area contributed by atoms with Crippen LogP contribution in [0.15, 0.2) is 133 Å². The van der Waals surface area contributed by atoms with Crippen LogP contribution >= 0.6 is 11.3 Å². The van der Waals surface area contributed by atoms with Gasteiger partial charge in [-0.05, 0) is 133 Å². The van der Waals surface area contributed by atoms with Crippen molar-refractivity contribution in [3.63, 3.8) is 0 Å². The van der Waals surface area contributed by atoms with Crippen molar-refractivity contribution in [2.75, 3.05) is 9.80 Å². The number of nitrogens with zero attached hydrogens (tertiary/aromatic N) is 2. The molecule has 6 aromatic carbocycles. The Bertz CT molecular complexity index is 2390. The number of hydrogen-bond donors (Lipinski definition) is 0. The molecule has 0 atom stereocenters. The highest BCUT2D eigenvalue weighted by atomic mass is 32.1. The fourth-order valence-electron chi connectivity index (χ4n) is 8.22. The van der Waals surface area contributed by atoms with Gasteiger partial charge in [0.05, 0.1) is 0 Å². The van der Waals surface area contributed by atoms with E-state index in [2.05, 4.69) is 192 Å². The van der Waals surface area contributed by atoms with Gasteiger partial charge < -0.3 is 9.80 Å². The molecule has 3 heterocycles. The van der Waals surface area contributed by atoms with Crippen LogP contribution in [-0.2, 0) is 10.8 Å². The first-order valence-corrected chi connectivity index (χ1v) is 19.0. The number of aryl methyl sites for hydroxylation is 1. The molecule has 250 valence electrons. The van der Waals surface area contributed by atoms with Crippen molar-refractivity contribution in [3.05, 3.63) is 150 Å². The van der Waals surface area contributed by atoms with E-state index in [0.717, 1.165) is 11.4 Å². The summed E-state index contributed by atoms with van der Waals surface area (Å²) in [6.45, 7) is 16.1. The molecule has 0 aliphatic carbocycles. The molecule has 0 N–H and O–H groups in total. The summed E-state index contributed by atoms with van der Waals surface area (Å²) in [5.74, 6) is 0. The van der Waals surface area contributed by atoms with E-state index in [0.29, 0.717) is 0 Å². The molecule has 0 saturated heterocycles. The van der Waals surface area contributed by atoms with Gasteiger partial charge in [-0.15, -0.1) is 11.3 Å². The summed E-state index contributed by atoms with van der Waals surface area (Å²) in [5, 5.41) is 1.36. The van der Waals surface area contributed by atoms with Gasteiger partial charge in [0.15, 0.2) is 0 Å². The molecular weight excluding hydrogens is 635 g/mol. The second kappa shape index (κ2) is 11.5. The zero-order chi connectivity index (χ0) is 35.2. The Morgan fingerprint density at radius 3 is 1.80 bits per heavy atom. The van der Waals surface area contributed by atoms with Crippen LogP contribution in [0.2, 0.25) is 0 Å². The zero-order valence-electron chi connectivity index (χ0n) is 30.6. The highest BCUT2D eigenvalue weighted by molar-refractivity contribution is 7.34. The Morgan fingerprint density at radius 2 is 1.18 bits per heavy atom. The maximum atomic E-state index is 2.50. The third-order valence-corrected chi connectivity index (χ3v) is 12.0. The first kappa shape index (κ1) is 31.9. The molecule has 0 saturated carbocycles. The van der Waals surface area contributed by atoms with Crippen molar-refractivity contribution in [1.29, 1.82) is 0 Å². The minimum atomic E-state index is 0.0817. The van der Waals surface area contributed by atoms with Crippen LogP contribution in [0.5, 0.6) is 0 Å². The van der Waals surface area contributed by atoms with E-state index >= 15 is 0 Å². The van der Waals surface area contributed by atoms with Crippen LogP contribution in [0.1, 0.15) is 58.2 Å². The number of rotatable bonds is 4. The molecule has 7 aromatic rings. The van der Waals surface area contributed by atoms with Crippen molar-refractivity contribution >= 4 is 78.0 Å². The highest BCUT2D eigenvalue weighted by Gasteiger charge is 2.45. The van der Waals surface area contributed by atoms with Crippen LogP contribution in [0.3, 0.4) is 0 Å². The summed E-state index contributed by atoms with van der Waals surface area (Å²) in [5.41, 5.74) is 16.9. The van der Waals surface area contributed by atoms with Crippen molar-refractivity contribution in [1.82, 2.24) is 0 Å². The average Bonchev–Trinajstić information content (AvgIpc) is 3.64. The predicted molar refractivity (Wildman–Crippen MR) is 223 cm³/mol. The standard InChI is InChI=1S/C47H43BN2S/c1-30-27-38-43-37-15-11-12-16-42(37)51-45(43)48-39-29-36(25-26-40(39)50(41(28-30)44(38)48)33-13-9-8-10-14-33)49(34-21-17-31(18-22-34)46(2,3)4)35-23-19-32(20-24-35)47(5,6)7/h8-29H,1-7H3. The lowest BCUT2D eigenvalue weighted by atomic mass is 9.39. The number of anilines is 6. The molecule has 4 heteroatoms. The molecule has 51 heavy (non-hydrogen) atoms. The molecule has 0 fully saturated rings. The summed E-state index contributed by atoms with van der Waals surface area (Å²) < 4.78 is 2.82. The first-order chi connectivity index (χ1) is 24.5. The number of fused-ring (bicyclic) bond motifs is 7. The van der Waals surface area contributed by atoms with Crippen LogP contribution in [0.4, 0.5) is 34.1 Å². The molecule has 0 amide bonds. The third-order valence-electron chi connectivity index (χ3n) is 10.8. The molecule has 1 aromatic heterocycles. The lowest BCUT2D eigenvalue weighted by Crippen LogP contribution is -2.54.